The summed E-state index contributed by atoms with van der Waals surface area (Å²) >= 11 is 0. The molecule has 0 fully saturated rings. The van der Waals surface area contributed by atoms with E-state index in [1.807, 2.05) is 0 Å². The minimum Gasteiger partial charge on any atom is -0.507 e. The van der Waals surface area contributed by atoms with Gasteiger partial charge in [0.25, 0.3) is 5.91 Å². The van der Waals surface area contributed by atoms with E-state index in [1.54, 1.807) is 18.2 Å². The first-order chi connectivity index (χ1) is 13.9. The Balaban J connectivity index is 1.96. The standard InChI is InChI=1S/C20H17N5O4/c1-29-20(28)12-6-4-5-11(9-12)19(27)25-18(22)16-17(21)23-10-14(24-16)13-7-2-3-8-15(13)26/h2-10,26H,1H3,(H2,21,23)(H2,22,25,27). The summed E-state index contributed by atoms with van der Waals surface area (Å²) in [5.41, 5.74) is 12.8. The molecule has 0 spiro atoms. The third-order valence-electron chi connectivity index (χ3n) is 3.98. The van der Waals surface area contributed by atoms with Crippen molar-refractivity contribution >= 4 is 23.5 Å². The van der Waals surface area contributed by atoms with E-state index in [-0.39, 0.29) is 34.2 Å². The highest BCUT2D eigenvalue weighted by Crippen LogP contribution is 2.27. The Hall–Kier alpha value is -4.27. The molecule has 0 bridgehead atoms. The first-order valence-corrected chi connectivity index (χ1v) is 8.39. The van der Waals surface area contributed by atoms with Crippen LogP contribution >= 0.6 is 0 Å². The molecule has 0 atom stereocenters. The maximum absolute atomic E-state index is 12.5. The summed E-state index contributed by atoms with van der Waals surface area (Å²) in [6.07, 6.45) is 1.38. The Kier molecular flexibility index (Phi) is 5.49. The fourth-order valence-electron chi connectivity index (χ4n) is 2.53. The molecule has 1 amide bonds. The number of nitrogen functional groups attached to an aromatic ring is 1. The van der Waals surface area contributed by atoms with E-state index in [0.29, 0.717) is 11.3 Å². The lowest BCUT2D eigenvalue weighted by molar-refractivity contribution is 0.0600. The number of aromatic nitrogens is 2. The van der Waals surface area contributed by atoms with Crippen LogP contribution in [0.15, 0.2) is 59.7 Å². The summed E-state index contributed by atoms with van der Waals surface area (Å²) in [4.78, 5) is 36.2. The van der Waals surface area contributed by atoms with Gasteiger partial charge in [-0.15, -0.1) is 0 Å². The maximum Gasteiger partial charge on any atom is 0.337 e. The van der Waals surface area contributed by atoms with E-state index >= 15 is 0 Å². The summed E-state index contributed by atoms with van der Waals surface area (Å²) < 4.78 is 4.64. The molecule has 0 unspecified atom stereocenters. The van der Waals surface area contributed by atoms with Crippen LogP contribution in [0.5, 0.6) is 5.75 Å². The zero-order valence-corrected chi connectivity index (χ0v) is 15.4. The Morgan fingerprint density at radius 1 is 1.10 bits per heavy atom. The number of nitrogens with two attached hydrogens (primary N) is 2. The van der Waals surface area contributed by atoms with E-state index in [2.05, 4.69) is 19.7 Å². The second-order valence-corrected chi connectivity index (χ2v) is 5.88. The van der Waals surface area contributed by atoms with Crippen LogP contribution in [0.1, 0.15) is 26.4 Å². The van der Waals surface area contributed by atoms with Crippen molar-refractivity contribution in [1.82, 2.24) is 9.97 Å². The highest BCUT2D eigenvalue weighted by atomic mass is 16.5. The molecule has 0 saturated carbocycles. The van der Waals surface area contributed by atoms with Gasteiger partial charge in [0.05, 0.1) is 24.6 Å². The topological polar surface area (TPSA) is 154 Å². The van der Waals surface area contributed by atoms with Crippen LogP contribution in [0, 0.1) is 0 Å². The van der Waals surface area contributed by atoms with Gasteiger partial charge < -0.3 is 21.3 Å². The average molecular weight is 391 g/mol. The number of rotatable bonds is 4. The van der Waals surface area contributed by atoms with Gasteiger partial charge in [-0.3, -0.25) is 4.79 Å². The van der Waals surface area contributed by atoms with Crippen molar-refractivity contribution in [1.29, 1.82) is 0 Å². The van der Waals surface area contributed by atoms with Crippen molar-refractivity contribution < 1.29 is 19.4 Å². The molecule has 0 aliphatic rings. The molecule has 0 saturated heterocycles. The molecule has 9 heteroatoms. The second kappa shape index (κ2) is 8.17. The number of phenolic OH excluding ortho intramolecular Hbond substituents is 1. The number of amidine groups is 1. The van der Waals surface area contributed by atoms with E-state index in [4.69, 9.17) is 11.5 Å². The number of phenols is 1. The predicted octanol–water partition coefficient (Wildman–Crippen LogP) is 1.76. The molecule has 3 rings (SSSR count). The lowest BCUT2D eigenvalue weighted by atomic mass is 10.1. The minimum atomic E-state index is -0.692. The zero-order chi connectivity index (χ0) is 21.0. The molecule has 146 valence electrons. The summed E-state index contributed by atoms with van der Waals surface area (Å²) in [7, 11) is 1.24. The van der Waals surface area contributed by atoms with Gasteiger partial charge in [0.15, 0.2) is 11.7 Å². The van der Waals surface area contributed by atoms with Crippen molar-refractivity contribution in [3.05, 3.63) is 71.5 Å². The number of para-hydroxylation sites is 1. The smallest absolute Gasteiger partial charge is 0.337 e. The summed E-state index contributed by atoms with van der Waals surface area (Å²) in [6, 6.07) is 12.4. The quantitative estimate of drug-likeness (QED) is 0.345. The van der Waals surface area contributed by atoms with Crippen LogP contribution in [0.3, 0.4) is 0 Å². The van der Waals surface area contributed by atoms with Crippen LogP contribution in [0.25, 0.3) is 11.3 Å². The summed E-state index contributed by atoms with van der Waals surface area (Å²) in [6.45, 7) is 0. The van der Waals surface area contributed by atoms with Crippen LogP contribution < -0.4 is 11.5 Å². The first-order valence-electron chi connectivity index (χ1n) is 8.39. The van der Waals surface area contributed by atoms with Crippen molar-refractivity contribution in [3.63, 3.8) is 0 Å². The number of aliphatic imine (C=N–C) groups is 1. The van der Waals surface area contributed by atoms with Gasteiger partial charge in [0, 0.05) is 11.1 Å². The van der Waals surface area contributed by atoms with Crippen molar-refractivity contribution in [2.24, 2.45) is 10.7 Å². The molecule has 0 aliphatic carbocycles. The number of anilines is 1. The predicted molar refractivity (Wildman–Crippen MR) is 106 cm³/mol. The van der Waals surface area contributed by atoms with Crippen molar-refractivity contribution in [3.8, 4) is 17.0 Å². The average Bonchev–Trinajstić information content (AvgIpc) is 2.74. The molecule has 29 heavy (non-hydrogen) atoms. The maximum atomic E-state index is 12.5. The fraction of sp³-hybridized carbons (Fsp3) is 0.0500. The third kappa shape index (κ3) is 4.19. The van der Waals surface area contributed by atoms with Gasteiger partial charge >= 0.3 is 5.97 Å². The molecule has 9 nitrogen and oxygen atoms in total. The number of benzene rings is 2. The molecule has 1 aromatic heterocycles. The van der Waals surface area contributed by atoms with Gasteiger partial charge in [-0.25, -0.2) is 14.8 Å². The Morgan fingerprint density at radius 3 is 2.55 bits per heavy atom. The number of methoxy groups -OCH3 is 1. The van der Waals surface area contributed by atoms with Crippen molar-refractivity contribution in [2.45, 2.75) is 0 Å². The second-order valence-electron chi connectivity index (χ2n) is 5.88. The summed E-state index contributed by atoms with van der Waals surface area (Å²) in [5.74, 6) is -1.55. The Labute approximate surface area is 165 Å². The molecule has 0 aliphatic heterocycles. The number of carbonyl (C=O) groups is 2. The Morgan fingerprint density at radius 2 is 1.83 bits per heavy atom. The number of carbonyl (C=O) groups excluding carboxylic acids is 2. The van der Waals surface area contributed by atoms with Gasteiger partial charge in [0.1, 0.15) is 11.4 Å². The third-order valence-corrected chi connectivity index (χ3v) is 3.98. The van der Waals surface area contributed by atoms with Crippen LogP contribution in [-0.4, -0.2) is 39.9 Å². The Bertz CT molecular complexity index is 1130. The number of hydrogen-bond acceptors (Lipinski definition) is 7. The van der Waals surface area contributed by atoms with Crippen LogP contribution in [-0.2, 0) is 4.74 Å². The molecule has 0 radical (unpaired) electrons. The van der Waals surface area contributed by atoms with Crippen LogP contribution in [0.2, 0.25) is 0 Å². The normalized spacial score (nSPS) is 11.1. The number of amides is 1. The number of esters is 1. The lowest BCUT2D eigenvalue weighted by Crippen LogP contribution is -2.20. The van der Waals surface area contributed by atoms with Crippen LogP contribution in [0.4, 0.5) is 5.82 Å². The number of hydrogen-bond donors (Lipinski definition) is 3. The van der Waals surface area contributed by atoms with Gasteiger partial charge in [-0.05, 0) is 30.3 Å². The minimum absolute atomic E-state index is 0.00299. The molecular formula is C20H17N5O4. The summed E-state index contributed by atoms with van der Waals surface area (Å²) in [5, 5.41) is 10.00. The van der Waals surface area contributed by atoms with E-state index in [9.17, 15) is 14.7 Å². The highest BCUT2D eigenvalue weighted by molar-refractivity contribution is 6.10. The SMILES string of the molecule is COC(=O)c1cccc(C(=O)N=C(N)c2nc(-c3ccccc3O)cnc2N)c1. The molecule has 1 heterocycles. The fourth-order valence-corrected chi connectivity index (χ4v) is 2.53. The first kappa shape index (κ1) is 19.5. The molecule has 2 aromatic carbocycles. The zero-order valence-electron chi connectivity index (χ0n) is 15.4. The number of ether oxygens (including phenoxy) is 1. The van der Waals surface area contributed by atoms with E-state index < -0.39 is 11.9 Å². The molecular weight excluding hydrogens is 374 g/mol. The van der Waals surface area contributed by atoms with E-state index in [1.165, 1.54) is 43.6 Å². The largest absolute Gasteiger partial charge is 0.507 e. The number of aromatic hydroxyl groups is 1. The van der Waals surface area contributed by atoms with Crippen molar-refractivity contribution in [2.75, 3.05) is 12.8 Å². The monoisotopic (exact) mass is 391 g/mol. The van der Waals surface area contributed by atoms with E-state index in [0.717, 1.165) is 0 Å². The van der Waals surface area contributed by atoms with Gasteiger partial charge in [-0.1, -0.05) is 18.2 Å². The number of nitrogens with zero attached hydrogens (tertiary/aromatic N) is 3. The van der Waals surface area contributed by atoms with Gasteiger partial charge in [-0.2, -0.15) is 4.99 Å². The molecule has 3 aromatic rings. The molecule has 5 N–H and O–H groups in total. The van der Waals surface area contributed by atoms with Gasteiger partial charge in [0.2, 0.25) is 0 Å². The lowest BCUT2D eigenvalue weighted by Gasteiger charge is -2.08. The highest BCUT2D eigenvalue weighted by Gasteiger charge is 2.15.